The molecule has 142 valence electrons. The zero-order valence-corrected chi connectivity index (χ0v) is 15.9. The number of halogens is 2. The van der Waals surface area contributed by atoms with Gasteiger partial charge < -0.3 is 0 Å². The maximum atomic E-state index is 13.8. The van der Waals surface area contributed by atoms with E-state index < -0.39 is 42.6 Å². The van der Waals surface area contributed by atoms with Crippen LogP contribution in [0, 0.1) is 11.6 Å². The first-order chi connectivity index (χ1) is 12.2. The average molecular weight is 423 g/mol. The van der Waals surface area contributed by atoms with Crippen molar-refractivity contribution in [1.82, 2.24) is 9.03 Å². The molecule has 11 heteroatoms. The van der Waals surface area contributed by atoms with Gasteiger partial charge in [0.2, 0.25) is 20.0 Å². The van der Waals surface area contributed by atoms with Gasteiger partial charge in [-0.3, -0.25) is 0 Å². The van der Waals surface area contributed by atoms with Gasteiger partial charge >= 0.3 is 0 Å². The summed E-state index contributed by atoms with van der Waals surface area (Å²) >= 11 is 1.08. The van der Waals surface area contributed by atoms with Gasteiger partial charge in [0.1, 0.15) is 15.8 Å². The second-order valence-electron chi connectivity index (χ2n) is 5.78. The Morgan fingerprint density at radius 1 is 1.00 bits per heavy atom. The second kappa shape index (κ2) is 7.31. The van der Waals surface area contributed by atoms with Gasteiger partial charge in [0, 0.05) is 19.1 Å². The lowest BCUT2D eigenvalue weighted by Gasteiger charge is -2.31. The quantitative estimate of drug-likeness (QED) is 0.800. The van der Waals surface area contributed by atoms with E-state index in [0.29, 0.717) is 0 Å². The Kier molecular flexibility index (Phi) is 5.45. The molecule has 0 spiro atoms. The Balaban J connectivity index is 1.71. The van der Waals surface area contributed by atoms with Crippen molar-refractivity contribution in [3.8, 4) is 0 Å². The number of benzene rings is 1. The zero-order valence-electron chi connectivity index (χ0n) is 13.4. The molecule has 0 saturated carbocycles. The highest BCUT2D eigenvalue weighted by molar-refractivity contribution is 7.91. The van der Waals surface area contributed by atoms with Crippen molar-refractivity contribution in [2.75, 3.05) is 13.1 Å². The summed E-state index contributed by atoms with van der Waals surface area (Å²) < 4.78 is 80.8. The number of hydrogen-bond donors (Lipinski definition) is 1. The number of nitrogens with zero attached hydrogens (tertiary/aromatic N) is 1. The molecular weight excluding hydrogens is 406 g/mol. The van der Waals surface area contributed by atoms with E-state index >= 15 is 0 Å². The predicted molar refractivity (Wildman–Crippen MR) is 92.8 cm³/mol. The third kappa shape index (κ3) is 3.81. The van der Waals surface area contributed by atoms with Crippen molar-refractivity contribution in [2.45, 2.75) is 28.0 Å². The molecule has 1 N–H and O–H groups in total. The van der Waals surface area contributed by atoms with E-state index in [0.717, 1.165) is 33.8 Å². The molecule has 0 bridgehead atoms. The van der Waals surface area contributed by atoms with Gasteiger partial charge in [0.25, 0.3) is 0 Å². The minimum Gasteiger partial charge on any atom is -0.207 e. The van der Waals surface area contributed by atoms with Crippen molar-refractivity contribution < 1.29 is 25.6 Å². The van der Waals surface area contributed by atoms with Crippen molar-refractivity contribution >= 4 is 31.4 Å². The van der Waals surface area contributed by atoms with Crippen LogP contribution in [0.3, 0.4) is 0 Å². The summed E-state index contributed by atoms with van der Waals surface area (Å²) in [6.45, 7) is -0.0680. The fourth-order valence-corrected chi connectivity index (χ4v) is 6.66. The summed E-state index contributed by atoms with van der Waals surface area (Å²) in [5, 5.41) is 1.65. The number of piperidine rings is 1. The molecule has 3 rings (SSSR count). The van der Waals surface area contributed by atoms with Crippen LogP contribution < -0.4 is 4.72 Å². The van der Waals surface area contributed by atoms with Crippen molar-refractivity contribution in [1.29, 1.82) is 0 Å². The maximum absolute atomic E-state index is 13.8. The molecule has 0 amide bonds. The zero-order chi connectivity index (χ0) is 18.9. The molecule has 6 nitrogen and oxygen atoms in total. The van der Waals surface area contributed by atoms with Gasteiger partial charge in [-0.05, 0) is 36.4 Å². The normalized spacial score (nSPS) is 17.5. The summed E-state index contributed by atoms with van der Waals surface area (Å²) in [7, 11) is -7.98. The van der Waals surface area contributed by atoms with Gasteiger partial charge in [-0.15, -0.1) is 11.3 Å². The Labute approximate surface area is 154 Å². The highest BCUT2D eigenvalue weighted by Crippen LogP contribution is 2.26. The first-order valence-electron chi connectivity index (χ1n) is 7.72. The van der Waals surface area contributed by atoms with Crippen LogP contribution in [0.25, 0.3) is 0 Å². The highest BCUT2D eigenvalue weighted by Gasteiger charge is 2.34. The molecule has 1 aromatic carbocycles. The van der Waals surface area contributed by atoms with Crippen LogP contribution in [0.1, 0.15) is 12.8 Å². The SMILES string of the molecule is O=S(=O)(NC1CCN(S(=O)(=O)c2c(F)cccc2F)CC1)c1cccs1. The van der Waals surface area contributed by atoms with Crippen LogP contribution in [0.5, 0.6) is 0 Å². The van der Waals surface area contributed by atoms with Gasteiger partial charge in [0.05, 0.1) is 0 Å². The third-order valence-electron chi connectivity index (χ3n) is 4.05. The molecule has 0 atom stereocenters. The molecule has 1 saturated heterocycles. The lowest BCUT2D eigenvalue weighted by molar-refractivity contribution is 0.306. The van der Waals surface area contributed by atoms with Gasteiger partial charge in [-0.2, -0.15) is 4.31 Å². The molecule has 2 heterocycles. The van der Waals surface area contributed by atoms with E-state index in [4.69, 9.17) is 0 Å². The van der Waals surface area contributed by atoms with Crippen LogP contribution >= 0.6 is 11.3 Å². The standard InChI is InChI=1S/C15H16F2N2O4S3/c16-12-3-1-4-13(17)15(12)26(22,23)19-8-6-11(7-9-19)18-25(20,21)14-5-2-10-24-14/h1-5,10-11,18H,6-9H2. The van der Waals surface area contributed by atoms with E-state index in [1.165, 1.54) is 6.07 Å². The fourth-order valence-electron chi connectivity index (χ4n) is 2.77. The largest absolute Gasteiger partial charge is 0.250 e. The fraction of sp³-hybridized carbons (Fsp3) is 0.333. The average Bonchev–Trinajstić information content (AvgIpc) is 3.10. The first-order valence-corrected chi connectivity index (χ1v) is 11.5. The number of rotatable bonds is 5. The highest BCUT2D eigenvalue weighted by atomic mass is 32.2. The van der Waals surface area contributed by atoms with E-state index in [1.807, 2.05) is 0 Å². The van der Waals surface area contributed by atoms with Crippen LogP contribution in [0.2, 0.25) is 0 Å². The molecule has 2 aromatic rings. The Morgan fingerprint density at radius 3 is 2.15 bits per heavy atom. The Morgan fingerprint density at radius 2 is 1.62 bits per heavy atom. The van der Waals surface area contributed by atoms with Crippen LogP contribution in [0.15, 0.2) is 44.8 Å². The number of hydrogen-bond acceptors (Lipinski definition) is 5. The molecule has 1 fully saturated rings. The van der Waals surface area contributed by atoms with E-state index in [2.05, 4.69) is 4.72 Å². The maximum Gasteiger partial charge on any atom is 0.250 e. The molecule has 1 aliphatic rings. The van der Waals surface area contributed by atoms with Crippen LogP contribution in [-0.2, 0) is 20.0 Å². The summed E-state index contributed by atoms with van der Waals surface area (Å²) in [4.78, 5) is -0.974. The smallest absolute Gasteiger partial charge is 0.207 e. The Hall–Kier alpha value is -1.40. The molecule has 26 heavy (non-hydrogen) atoms. The summed E-state index contributed by atoms with van der Waals surface area (Å²) in [5.74, 6) is -2.30. The molecule has 0 aliphatic carbocycles. The third-order valence-corrected chi connectivity index (χ3v) is 8.92. The number of thiophene rings is 1. The van der Waals surface area contributed by atoms with Gasteiger partial charge in [-0.25, -0.2) is 30.3 Å². The second-order valence-corrected chi connectivity index (χ2v) is 10.5. The predicted octanol–water partition coefficient (Wildman–Crippen LogP) is 2.16. The van der Waals surface area contributed by atoms with Gasteiger partial charge in [0.15, 0.2) is 4.90 Å². The summed E-state index contributed by atoms with van der Waals surface area (Å²) in [6, 6.07) is 5.52. The summed E-state index contributed by atoms with van der Waals surface area (Å²) in [5.41, 5.74) is 0. The first kappa shape index (κ1) is 19.4. The monoisotopic (exact) mass is 422 g/mol. The van der Waals surface area contributed by atoms with Gasteiger partial charge in [-0.1, -0.05) is 12.1 Å². The molecule has 0 radical (unpaired) electrons. The molecular formula is C15H16F2N2O4S3. The topological polar surface area (TPSA) is 83.6 Å². The van der Waals surface area contributed by atoms with E-state index in [9.17, 15) is 25.6 Å². The van der Waals surface area contributed by atoms with Crippen molar-refractivity contribution in [3.63, 3.8) is 0 Å². The minimum atomic E-state index is -4.33. The molecule has 1 aliphatic heterocycles. The molecule has 1 aromatic heterocycles. The van der Waals surface area contributed by atoms with E-state index in [-0.39, 0.29) is 30.1 Å². The van der Waals surface area contributed by atoms with Crippen molar-refractivity contribution in [2.24, 2.45) is 0 Å². The van der Waals surface area contributed by atoms with Crippen LogP contribution in [-0.4, -0.2) is 40.3 Å². The summed E-state index contributed by atoms with van der Waals surface area (Å²) in [6.07, 6.45) is 0.416. The molecule has 0 unspecified atom stereocenters. The lowest BCUT2D eigenvalue weighted by atomic mass is 10.1. The van der Waals surface area contributed by atoms with E-state index in [1.54, 1.807) is 11.4 Å². The number of nitrogens with one attached hydrogen (secondary N) is 1. The van der Waals surface area contributed by atoms with Crippen molar-refractivity contribution in [3.05, 3.63) is 47.3 Å². The minimum absolute atomic E-state index is 0.0340. The lowest BCUT2D eigenvalue weighted by Crippen LogP contribution is -2.46. The van der Waals surface area contributed by atoms with Crippen LogP contribution in [0.4, 0.5) is 8.78 Å². The Bertz CT molecular complexity index is 964. The number of sulfonamides is 2.